The molecule has 4 nitrogen and oxygen atoms in total. The largest absolute Gasteiger partial charge is 0.434 e. The van der Waals surface area contributed by atoms with Crippen LogP contribution in [0.15, 0.2) is 16.5 Å². The van der Waals surface area contributed by atoms with Crippen LogP contribution in [0.3, 0.4) is 0 Å². The van der Waals surface area contributed by atoms with E-state index >= 15 is 0 Å². The summed E-state index contributed by atoms with van der Waals surface area (Å²) in [6.07, 6.45) is 0. The highest BCUT2D eigenvalue weighted by atomic mass is 16.6. The summed E-state index contributed by atoms with van der Waals surface area (Å²) in [4.78, 5) is 9.49. The second-order valence-corrected chi connectivity index (χ2v) is 1.77. The third-order valence-corrected chi connectivity index (χ3v) is 1.02. The second-order valence-electron chi connectivity index (χ2n) is 1.77. The molecule has 0 N–H and O–H groups in total. The van der Waals surface area contributed by atoms with Crippen molar-refractivity contribution >= 4 is 5.88 Å². The van der Waals surface area contributed by atoms with E-state index in [-0.39, 0.29) is 5.88 Å². The molecule has 0 atom stereocenters. The predicted octanol–water partition coefficient (Wildman–Crippen LogP) is 1.56. The average Bonchev–Trinajstić information content (AvgIpc) is 2.37. The van der Waals surface area contributed by atoms with Crippen LogP contribution in [-0.4, -0.2) is 4.92 Å². The molecule has 1 heterocycles. The van der Waals surface area contributed by atoms with Gasteiger partial charge >= 0.3 is 5.88 Å². The predicted molar refractivity (Wildman–Crippen MR) is 37.9 cm³/mol. The SMILES string of the molecule is CC#Cc1ccc([N+](=O)[O-])o1. The Hall–Kier alpha value is -1.76. The van der Waals surface area contributed by atoms with Gasteiger partial charge in [-0.3, -0.25) is 10.1 Å². The molecule has 0 fully saturated rings. The maximum absolute atomic E-state index is 10.1. The molecule has 0 spiro atoms. The lowest BCUT2D eigenvalue weighted by atomic mass is 10.4. The van der Waals surface area contributed by atoms with Crippen LogP contribution >= 0.6 is 0 Å². The van der Waals surface area contributed by atoms with Crippen LogP contribution in [0.1, 0.15) is 12.7 Å². The molecule has 1 aromatic heterocycles. The minimum atomic E-state index is -0.596. The van der Waals surface area contributed by atoms with Crippen molar-refractivity contribution in [2.24, 2.45) is 0 Å². The van der Waals surface area contributed by atoms with Crippen LogP contribution in [0.25, 0.3) is 0 Å². The zero-order valence-electron chi connectivity index (χ0n) is 5.83. The monoisotopic (exact) mass is 151 g/mol. The van der Waals surface area contributed by atoms with Gasteiger partial charge in [0.25, 0.3) is 0 Å². The topological polar surface area (TPSA) is 56.3 Å². The van der Waals surface area contributed by atoms with Gasteiger partial charge in [0.1, 0.15) is 4.92 Å². The lowest BCUT2D eigenvalue weighted by molar-refractivity contribution is -0.402. The van der Waals surface area contributed by atoms with Crippen LogP contribution in [0.5, 0.6) is 0 Å². The van der Waals surface area contributed by atoms with Gasteiger partial charge in [-0.15, -0.1) is 0 Å². The maximum atomic E-state index is 10.1. The number of nitro groups is 1. The van der Waals surface area contributed by atoms with Crippen molar-refractivity contribution in [1.82, 2.24) is 0 Å². The van der Waals surface area contributed by atoms with Crippen LogP contribution in [0, 0.1) is 22.0 Å². The molecule has 1 rings (SSSR count). The van der Waals surface area contributed by atoms with E-state index < -0.39 is 4.92 Å². The van der Waals surface area contributed by atoms with Gasteiger partial charge in [0.15, 0.2) is 5.76 Å². The number of hydrogen-bond acceptors (Lipinski definition) is 3. The molecule has 0 bridgehead atoms. The summed E-state index contributed by atoms with van der Waals surface area (Å²) < 4.78 is 4.71. The lowest BCUT2D eigenvalue weighted by Crippen LogP contribution is -1.82. The fourth-order valence-electron chi connectivity index (χ4n) is 0.616. The fourth-order valence-corrected chi connectivity index (χ4v) is 0.616. The molecule has 0 unspecified atom stereocenters. The van der Waals surface area contributed by atoms with Crippen LogP contribution in [0.2, 0.25) is 0 Å². The molecule has 0 saturated carbocycles. The Morgan fingerprint density at radius 2 is 2.36 bits per heavy atom. The molecule has 4 heteroatoms. The van der Waals surface area contributed by atoms with Crippen molar-refractivity contribution in [1.29, 1.82) is 0 Å². The third-order valence-electron chi connectivity index (χ3n) is 1.02. The van der Waals surface area contributed by atoms with Crippen LogP contribution in [0.4, 0.5) is 5.88 Å². The van der Waals surface area contributed by atoms with E-state index in [1.54, 1.807) is 6.92 Å². The smallest absolute Gasteiger partial charge is 0.392 e. The Balaban J connectivity index is 2.96. The molecule has 0 aliphatic carbocycles. The van der Waals surface area contributed by atoms with Gasteiger partial charge < -0.3 is 4.42 Å². The van der Waals surface area contributed by atoms with Crippen molar-refractivity contribution in [2.45, 2.75) is 6.92 Å². The minimum Gasteiger partial charge on any atom is -0.392 e. The summed E-state index contributed by atoms with van der Waals surface area (Å²) in [6.45, 7) is 1.63. The van der Waals surface area contributed by atoms with Gasteiger partial charge in [-0.1, -0.05) is 5.92 Å². The van der Waals surface area contributed by atoms with Crippen molar-refractivity contribution in [3.8, 4) is 11.8 Å². The third kappa shape index (κ3) is 1.58. The van der Waals surface area contributed by atoms with Crippen molar-refractivity contribution in [2.75, 3.05) is 0 Å². The molecule has 0 radical (unpaired) electrons. The lowest BCUT2D eigenvalue weighted by Gasteiger charge is -1.79. The Bertz CT molecular complexity index is 329. The van der Waals surface area contributed by atoms with E-state index in [2.05, 4.69) is 11.8 Å². The highest BCUT2D eigenvalue weighted by molar-refractivity contribution is 5.29. The average molecular weight is 151 g/mol. The van der Waals surface area contributed by atoms with E-state index in [4.69, 9.17) is 4.42 Å². The van der Waals surface area contributed by atoms with Gasteiger partial charge in [-0.25, -0.2) is 0 Å². The number of furan rings is 1. The molecule has 0 aromatic carbocycles. The summed E-state index contributed by atoms with van der Waals surface area (Å²) in [5.74, 6) is 5.18. The quantitative estimate of drug-likeness (QED) is 0.347. The van der Waals surface area contributed by atoms with Gasteiger partial charge in [0, 0.05) is 6.07 Å². The second kappa shape index (κ2) is 2.88. The molecular weight excluding hydrogens is 146 g/mol. The summed E-state index contributed by atoms with van der Waals surface area (Å²) in [7, 11) is 0. The van der Waals surface area contributed by atoms with Crippen molar-refractivity contribution < 1.29 is 9.34 Å². The molecule has 1 aromatic rings. The molecule has 0 saturated heterocycles. The Morgan fingerprint density at radius 1 is 1.64 bits per heavy atom. The van der Waals surface area contributed by atoms with E-state index in [1.165, 1.54) is 12.1 Å². The molecule has 0 aliphatic heterocycles. The van der Waals surface area contributed by atoms with E-state index in [9.17, 15) is 10.1 Å². The number of nitrogens with zero attached hydrogens (tertiary/aromatic N) is 1. The number of rotatable bonds is 1. The Labute approximate surface area is 63.0 Å². The summed E-state index contributed by atoms with van der Waals surface area (Å²) in [6, 6.07) is 2.74. The molecular formula is C7H5NO3. The van der Waals surface area contributed by atoms with Crippen LogP contribution < -0.4 is 0 Å². The highest BCUT2D eigenvalue weighted by Gasteiger charge is 2.09. The van der Waals surface area contributed by atoms with Gasteiger partial charge in [-0.05, 0) is 12.8 Å². The molecule has 0 amide bonds. The first-order chi connectivity index (χ1) is 5.24. The maximum Gasteiger partial charge on any atom is 0.434 e. The normalized spacial score (nSPS) is 8.45. The van der Waals surface area contributed by atoms with E-state index in [0.29, 0.717) is 5.76 Å². The zero-order valence-corrected chi connectivity index (χ0v) is 5.83. The molecule has 0 aliphatic rings. The summed E-state index contributed by atoms with van der Waals surface area (Å²) >= 11 is 0. The zero-order chi connectivity index (χ0) is 8.27. The van der Waals surface area contributed by atoms with Crippen molar-refractivity contribution in [3.05, 3.63) is 28.0 Å². The highest BCUT2D eigenvalue weighted by Crippen LogP contribution is 2.13. The standard InChI is InChI=1S/C7H5NO3/c1-2-3-6-4-5-7(11-6)8(9)10/h4-5H,1H3. The Morgan fingerprint density at radius 3 is 2.82 bits per heavy atom. The molecule has 11 heavy (non-hydrogen) atoms. The van der Waals surface area contributed by atoms with Gasteiger partial charge in [0.2, 0.25) is 0 Å². The fraction of sp³-hybridized carbons (Fsp3) is 0.143. The van der Waals surface area contributed by atoms with Crippen LogP contribution in [-0.2, 0) is 0 Å². The number of hydrogen-bond donors (Lipinski definition) is 0. The van der Waals surface area contributed by atoms with E-state index in [0.717, 1.165) is 0 Å². The first-order valence-electron chi connectivity index (χ1n) is 2.91. The summed E-state index contributed by atoms with van der Waals surface area (Å²) in [5.41, 5.74) is 0. The first-order valence-corrected chi connectivity index (χ1v) is 2.91. The molecule has 56 valence electrons. The minimum absolute atomic E-state index is 0.275. The van der Waals surface area contributed by atoms with Gasteiger partial charge in [0.05, 0.1) is 6.07 Å². The van der Waals surface area contributed by atoms with Gasteiger partial charge in [-0.2, -0.15) is 0 Å². The summed E-state index contributed by atoms with van der Waals surface area (Å²) in [5, 5.41) is 10.1. The Kier molecular flexibility index (Phi) is 1.93. The van der Waals surface area contributed by atoms with E-state index in [1.807, 2.05) is 0 Å². The first kappa shape index (κ1) is 7.35. The van der Waals surface area contributed by atoms with Crippen molar-refractivity contribution in [3.63, 3.8) is 0 Å².